The molecule has 19 heavy (non-hydrogen) atoms. The average molecular weight is 261 g/mol. The number of ether oxygens (including phenoxy) is 1. The minimum atomic E-state index is 0.698. The molecular formula is C17H27NO. The molecule has 0 bridgehead atoms. The fourth-order valence-corrected chi connectivity index (χ4v) is 3.29. The molecule has 106 valence electrons. The van der Waals surface area contributed by atoms with E-state index in [-0.39, 0.29) is 0 Å². The summed E-state index contributed by atoms with van der Waals surface area (Å²) in [4.78, 5) is 2.68. The molecule has 0 spiro atoms. The molecule has 0 saturated carbocycles. The summed E-state index contributed by atoms with van der Waals surface area (Å²) in [5, 5.41) is 0. The molecule has 2 nitrogen and oxygen atoms in total. The van der Waals surface area contributed by atoms with Crippen LogP contribution >= 0.6 is 0 Å². The van der Waals surface area contributed by atoms with Gasteiger partial charge in [0.15, 0.2) is 0 Å². The van der Waals surface area contributed by atoms with Gasteiger partial charge in [0.2, 0.25) is 0 Å². The van der Waals surface area contributed by atoms with Crippen molar-refractivity contribution in [2.75, 3.05) is 20.2 Å². The Morgan fingerprint density at radius 2 is 1.95 bits per heavy atom. The lowest BCUT2D eigenvalue weighted by Gasteiger charge is -2.35. The van der Waals surface area contributed by atoms with E-state index >= 15 is 0 Å². The van der Waals surface area contributed by atoms with Gasteiger partial charge in [-0.05, 0) is 62.4 Å². The molecule has 2 heteroatoms. The van der Waals surface area contributed by atoms with Crippen LogP contribution in [-0.4, -0.2) is 31.1 Å². The normalized spacial score (nSPS) is 18.4. The first kappa shape index (κ1) is 14.4. The van der Waals surface area contributed by atoms with Crippen LogP contribution in [0.5, 0.6) is 5.75 Å². The van der Waals surface area contributed by atoms with Crippen LogP contribution in [0.15, 0.2) is 18.2 Å². The summed E-state index contributed by atoms with van der Waals surface area (Å²) in [5.41, 5.74) is 2.93. The first-order chi connectivity index (χ1) is 9.30. The maximum atomic E-state index is 5.54. The molecule has 1 atom stereocenters. The van der Waals surface area contributed by atoms with Gasteiger partial charge < -0.3 is 9.64 Å². The average Bonchev–Trinajstić information content (AvgIpc) is 2.46. The smallest absolute Gasteiger partial charge is 0.122 e. The van der Waals surface area contributed by atoms with E-state index < -0.39 is 0 Å². The van der Waals surface area contributed by atoms with Crippen LogP contribution in [0.2, 0.25) is 0 Å². The molecule has 0 fully saturated rings. The molecule has 1 aromatic carbocycles. The van der Waals surface area contributed by atoms with E-state index in [1.807, 2.05) is 0 Å². The summed E-state index contributed by atoms with van der Waals surface area (Å²) in [6.07, 6.45) is 6.13. The highest BCUT2D eigenvalue weighted by atomic mass is 16.5. The maximum Gasteiger partial charge on any atom is 0.122 e. The van der Waals surface area contributed by atoms with E-state index in [1.54, 1.807) is 7.11 Å². The van der Waals surface area contributed by atoms with Crippen LogP contribution in [0.1, 0.15) is 44.2 Å². The number of nitrogens with zero attached hydrogens (tertiary/aromatic N) is 1. The van der Waals surface area contributed by atoms with E-state index in [2.05, 4.69) is 36.9 Å². The van der Waals surface area contributed by atoms with E-state index in [0.29, 0.717) is 6.04 Å². The summed E-state index contributed by atoms with van der Waals surface area (Å²) in [7, 11) is 1.79. The topological polar surface area (TPSA) is 12.5 Å². The van der Waals surface area contributed by atoms with Gasteiger partial charge >= 0.3 is 0 Å². The summed E-state index contributed by atoms with van der Waals surface area (Å²) in [6.45, 7) is 7.01. The Bertz CT molecular complexity index is 382. The van der Waals surface area contributed by atoms with Gasteiger partial charge in [-0.3, -0.25) is 0 Å². The molecule has 2 rings (SSSR count). The molecule has 0 amide bonds. The van der Waals surface area contributed by atoms with Crippen LogP contribution in [0.25, 0.3) is 0 Å². The number of aryl methyl sites for hydroxylation is 1. The maximum absolute atomic E-state index is 5.54. The van der Waals surface area contributed by atoms with E-state index in [1.165, 1.54) is 49.9 Å². The quantitative estimate of drug-likeness (QED) is 0.774. The van der Waals surface area contributed by atoms with Crippen LogP contribution in [0.4, 0.5) is 0 Å². The second-order valence-corrected chi connectivity index (χ2v) is 5.53. The molecular weight excluding hydrogens is 234 g/mol. The summed E-state index contributed by atoms with van der Waals surface area (Å²) in [5.74, 6) is 1.08. The summed E-state index contributed by atoms with van der Waals surface area (Å²) in [6, 6.07) is 7.18. The van der Waals surface area contributed by atoms with Crippen molar-refractivity contribution in [3.05, 3.63) is 29.3 Å². The standard InChI is InChI=1S/C17H27NO/c1-4-11-18(12-5-2)15-10-9-14-7-6-8-17(19-3)16(14)13-15/h6-8,15H,4-5,9-13H2,1-3H3/t15-/m1/s1. The zero-order chi connectivity index (χ0) is 13.7. The number of hydrogen-bond acceptors (Lipinski definition) is 2. The van der Waals surface area contributed by atoms with E-state index in [0.717, 1.165) is 12.2 Å². The molecule has 0 aromatic heterocycles. The Morgan fingerprint density at radius 3 is 2.58 bits per heavy atom. The number of benzene rings is 1. The molecule has 0 unspecified atom stereocenters. The lowest BCUT2D eigenvalue weighted by molar-refractivity contribution is 0.179. The summed E-state index contributed by atoms with van der Waals surface area (Å²) >= 11 is 0. The Hall–Kier alpha value is -1.02. The Labute approximate surface area is 117 Å². The highest BCUT2D eigenvalue weighted by Gasteiger charge is 2.25. The van der Waals surface area contributed by atoms with Crippen molar-refractivity contribution in [2.45, 2.75) is 52.0 Å². The Kier molecular flexibility index (Phi) is 5.26. The van der Waals surface area contributed by atoms with Crippen LogP contribution in [-0.2, 0) is 12.8 Å². The molecule has 0 heterocycles. The lowest BCUT2D eigenvalue weighted by atomic mass is 9.86. The molecule has 0 aliphatic heterocycles. The summed E-state index contributed by atoms with van der Waals surface area (Å²) < 4.78 is 5.54. The van der Waals surface area contributed by atoms with Gasteiger partial charge in [-0.2, -0.15) is 0 Å². The SMILES string of the molecule is CCCN(CCC)[C@@H]1CCc2cccc(OC)c2C1. The highest BCUT2D eigenvalue weighted by molar-refractivity contribution is 5.42. The minimum Gasteiger partial charge on any atom is -0.496 e. The van der Waals surface area contributed by atoms with Crippen molar-refractivity contribution in [1.82, 2.24) is 4.90 Å². The second kappa shape index (κ2) is 6.95. The van der Waals surface area contributed by atoms with Gasteiger partial charge in [0, 0.05) is 6.04 Å². The molecule has 0 N–H and O–H groups in total. The zero-order valence-electron chi connectivity index (χ0n) is 12.6. The predicted molar refractivity (Wildman–Crippen MR) is 81.0 cm³/mol. The van der Waals surface area contributed by atoms with Crippen LogP contribution in [0, 0.1) is 0 Å². The first-order valence-corrected chi connectivity index (χ1v) is 7.68. The molecule has 1 aromatic rings. The fourth-order valence-electron chi connectivity index (χ4n) is 3.29. The largest absolute Gasteiger partial charge is 0.496 e. The zero-order valence-corrected chi connectivity index (χ0v) is 12.6. The Morgan fingerprint density at radius 1 is 1.21 bits per heavy atom. The number of methoxy groups -OCH3 is 1. The number of fused-ring (bicyclic) bond motifs is 1. The van der Waals surface area contributed by atoms with Crippen molar-refractivity contribution in [3.63, 3.8) is 0 Å². The van der Waals surface area contributed by atoms with Crippen molar-refractivity contribution in [2.24, 2.45) is 0 Å². The van der Waals surface area contributed by atoms with Gasteiger partial charge in [0.1, 0.15) is 5.75 Å². The van der Waals surface area contributed by atoms with E-state index in [4.69, 9.17) is 4.74 Å². The third kappa shape index (κ3) is 3.30. The minimum absolute atomic E-state index is 0.698. The van der Waals surface area contributed by atoms with Gasteiger partial charge in [-0.15, -0.1) is 0 Å². The second-order valence-electron chi connectivity index (χ2n) is 5.53. The van der Waals surface area contributed by atoms with E-state index in [9.17, 15) is 0 Å². The van der Waals surface area contributed by atoms with Gasteiger partial charge in [-0.25, -0.2) is 0 Å². The predicted octanol–water partition coefficient (Wildman–Crippen LogP) is 3.67. The van der Waals surface area contributed by atoms with Crippen LogP contribution in [0.3, 0.4) is 0 Å². The first-order valence-electron chi connectivity index (χ1n) is 7.68. The third-order valence-electron chi connectivity index (χ3n) is 4.17. The molecule has 0 radical (unpaired) electrons. The van der Waals surface area contributed by atoms with Crippen molar-refractivity contribution in [1.29, 1.82) is 0 Å². The fraction of sp³-hybridized carbons (Fsp3) is 0.647. The molecule has 1 aliphatic rings. The monoisotopic (exact) mass is 261 g/mol. The number of rotatable bonds is 6. The van der Waals surface area contributed by atoms with Gasteiger partial charge in [-0.1, -0.05) is 26.0 Å². The van der Waals surface area contributed by atoms with Gasteiger partial charge in [0.25, 0.3) is 0 Å². The molecule has 0 saturated heterocycles. The van der Waals surface area contributed by atoms with Crippen molar-refractivity contribution >= 4 is 0 Å². The molecule has 1 aliphatic carbocycles. The third-order valence-corrected chi connectivity index (χ3v) is 4.17. The lowest BCUT2D eigenvalue weighted by Crippen LogP contribution is -2.40. The van der Waals surface area contributed by atoms with Crippen LogP contribution < -0.4 is 4.74 Å². The Balaban J connectivity index is 2.15. The number of hydrogen-bond donors (Lipinski definition) is 0. The highest BCUT2D eigenvalue weighted by Crippen LogP contribution is 2.31. The van der Waals surface area contributed by atoms with Gasteiger partial charge in [0.05, 0.1) is 7.11 Å². The van der Waals surface area contributed by atoms with Crippen molar-refractivity contribution < 1.29 is 4.74 Å². The van der Waals surface area contributed by atoms with Crippen molar-refractivity contribution in [3.8, 4) is 5.75 Å².